The van der Waals surface area contributed by atoms with E-state index < -0.39 is 0 Å². The first-order chi connectivity index (χ1) is 9.38. The summed E-state index contributed by atoms with van der Waals surface area (Å²) in [6.45, 7) is 8.54. The van der Waals surface area contributed by atoms with Crippen LogP contribution < -0.4 is 0 Å². The molecule has 1 radical (unpaired) electrons. The number of rotatable bonds is 3. The normalized spacial score (nSPS) is 10.9. The van der Waals surface area contributed by atoms with Gasteiger partial charge in [-0.25, -0.2) is 0 Å². The molecule has 0 aromatic heterocycles. The number of aliphatic hydroxyl groups excluding tert-OH is 3. The van der Waals surface area contributed by atoms with Gasteiger partial charge in [-0.1, -0.05) is 0 Å². The predicted molar refractivity (Wildman–Crippen MR) is 81.2 cm³/mol. The number of carbonyl (C=O) groups excluding carboxylic acids is 3. The number of ketones is 3. The zero-order valence-electron chi connectivity index (χ0n) is 13.6. The average Bonchev–Trinajstić information content (AvgIpc) is 2.10. The summed E-state index contributed by atoms with van der Waals surface area (Å²) in [6.07, 6.45) is 3.50. The van der Waals surface area contributed by atoms with E-state index in [1.165, 1.54) is 59.8 Å². The van der Waals surface area contributed by atoms with E-state index in [-0.39, 0.29) is 54.1 Å². The first-order valence-electron chi connectivity index (χ1n) is 6.02. The fourth-order valence-corrected chi connectivity index (χ4v) is 0.882. The summed E-state index contributed by atoms with van der Waals surface area (Å²) in [4.78, 5) is 30.1. The molecule has 0 saturated heterocycles. The molecule has 6 nitrogen and oxygen atoms in total. The van der Waals surface area contributed by atoms with Crippen molar-refractivity contribution in [1.82, 2.24) is 0 Å². The zero-order valence-corrected chi connectivity index (χ0v) is 15.3. The van der Waals surface area contributed by atoms with E-state index in [0.29, 0.717) is 0 Å². The summed E-state index contributed by atoms with van der Waals surface area (Å²) >= 11 is 0. The molecule has 7 heteroatoms. The van der Waals surface area contributed by atoms with Gasteiger partial charge in [-0.15, -0.1) is 0 Å². The summed E-state index contributed by atoms with van der Waals surface area (Å²) in [5.41, 5.74) is 0. The molecule has 0 rings (SSSR count). The van der Waals surface area contributed by atoms with Crippen molar-refractivity contribution in [1.29, 1.82) is 0 Å². The Labute approximate surface area is 144 Å². The van der Waals surface area contributed by atoms with Crippen molar-refractivity contribution in [3.05, 3.63) is 35.5 Å². The van der Waals surface area contributed by atoms with Crippen LogP contribution >= 0.6 is 0 Å². The molecule has 3 N–H and O–H groups in total. The van der Waals surface area contributed by atoms with Gasteiger partial charge in [-0.05, 0) is 41.5 Å². The van der Waals surface area contributed by atoms with E-state index in [9.17, 15) is 14.4 Å². The molecule has 0 bridgehead atoms. The maximum atomic E-state index is 10.0. The van der Waals surface area contributed by atoms with Crippen LogP contribution in [0.1, 0.15) is 41.5 Å². The van der Waals surface area contributed by atoms with Gasteiger partial charge in [0.25, 0.3) is 0 Å². The second kappa shape index (κ2) is 17.3. The first-order valence-corrected chi connectivity index (χ1v) is 6.02. The van der Waals surface area contributed by atoms with Gasteiger partial charge in [-0.2, -0.15) is 0 Å². The molecule has 0 spiro atoms. The topological polar surface area (TPSA) is 112 Å². The minimum absolute atomic E-state index is 0. The van der Waals surface area contributed by atoms with Gasteiger partial charge in [0, 0.05) is 37.7 Å². The number of aliphatic hydroxyl groups is 3. The molecule has 0 heterocycles. The van der Waals surface area contributed by atoms with E-state index in [1.54, 1.807) is 0 Å². The Balaban J connectivity index is -0.000000108. The van der Waals surface area contributed by atoms with Crippen LogP contribution in [-0.2, 0) is 33.9 Å². The van der Waals surface area contributed by atoms with Crippen LogP contribution in [0.4, 0.5) is 0 Å². The largest absolute Gasteiger partial charge is 0.512 e. The third-order valence-corrected chi connectivity index (χ3v) is 1.24. The Bertz CT molecular complexity index is 368. The molecule has 0 aliphatic rings. The van der Waals surface area contributed by atoms with E-state index in [0.717, 1.165) is 0 Å². The molecule has 0 atom stereocenters. The number of carbonyl (C=O) groups is 3. The van der Waals surface area contributed by atoms with E-state index in [1.807, 2.05) is 0 Å². The smallest absolute Gasteiger partial charge is 0.155 e. The molecule has 0 aliphatic heterocycles. The third kappa shape index (κ3) is 51.7. The number of hydrogen-bond acceptors (Lipinski definition) is 6. The molecule has 129 valence electrons. The molecule has 0 saturated carbocycles. The maximum Gasteiger partial charge on any atom is 0.155 e. The van der Waals surface area contributed by atoms with E-state index in [2.05, 4.69) is 0 Å². The summed E-state index contributed by atoms with van der Waals surface area (Å²) < 4.78 is 0. The second-order valence-corrected chi connectivity index (χ2v) is 4.19. The summed E-state index contributed by atoms with van der Waals surface area (Å²) in [5, 5.41) is 25.1. The Morgan fingerprint density at radius 1 is 0.545 bits per heavy atom. The standard InChI is InChI=1S/3C5H8O2.Rh/c3*1-4(6)3-5(2)7;/h3*3,6H,1-2H3;/b3*4-3+;. The fourth-order valence-electron chi connectivity index (χ4n) is 0.882. The molecule has 0 aromatic rings. The molecule has 22 heavy (non-hydrogen) atoms. The predicted octanol–water partition coefficient (Wildman–Crippen LogP) is 3.11. The molecule has 0 amide bonds. The number of hydrogen-bond donors (Lipinski definition) is 3. The van der Waals surface area contributed by atoms with Crippen LogP contribution in [0.15, 0.2) is 35.5 Å². The Morgan fingerprint density at radius 2 is 0.682 bits per heavy atom. The Kier molecular flexibility index (Phi) is 22.4. The van der Waals surface area contributed by atoms with Crippen molar-refractivity contribution in [2.75, 3.05) is 0 Å². The fraction of sp³-hybridized carbons (Fsp3) is 0.400. The van der Waals surface area contributed by atoms with Gasteiger partial charge in [0.15, 0.2) is 17.3 Å². The van der Waals surface area contributed by atoms with Gasteiger partial charge in [0.1, 0.15) is 0 Å². The molecular formula is C15H24O6Rh. The molecular weight excluding hydrogens is 379 g/mol. The van der Waals surface area contributed by atoms with Gasteiger partial charge >= 0.3 is 0 Å². The van der Waals surface area contributed by atoms with Gasteiger partial charge in [-0.3, -0.25) is 14.4 Å². The zero-order chi connectivity index (χ0) is 17.6. The SMILES string of the molecule is CC(=O)/C=C(\C)O.CC(=O)/C=C(\C)O.CC(=O)/C=C(\C)O.[Rh]. The van der Waals surface area contributed by atoms with Crippen molar-refractivity contribution in [3.63, 3.8) is 0 Å². The van der Waals surface area contributed by atoms with Crippen LogP contribution in [0.25, 0.3) is 0 Å². The third-order valence-electron chi connectivity index (χ3n) is 1.24. The van der Waals surface area contributed by atoms with Gasteiger partial charge in [0.2, 0.25) is 0 Å². The van der Waals surface area contributed by atoms with Crippen LogP contribution in [0.3, 0.4) is 0 Å². The monoisotopic (exact) mass is 403 g/mol. The van der Waals surface area contributed by atoms with Crippen molar-refractivity contribution in [2.24, 2.45) is 0 Å². The summed E-state index contributed by atoms with van der Waals surface area (Å²) in [7, 11) is 0. The number of allylic oxidation sites excluding steroid dienone is 6. The van der Waals surface area contributed by atoms with Crippen molar-refractivity contribution >= 4 is 17.3 Å². The Morgan fingerprint density at radius 3 is 0.682 bits per heavy atom. The summed E-state index contributed by atoms with van der Waals surface area (Å²) in [6, 6.07) is 0. The molecule has 0 fully saturated rings. The van der Waals surface area contributed by atoms with Gasteiger partial charge < -0.3 is 15.3 Å². The van der Waals surface area contributed by atoms with Crippen LogP contribution in [0.2, 0.25) is 0 Å². The molecule has 0 aromatic carbocycles. The second-order valence-electron chi connectivity index (χ2n) is 4.19. The maximum absolute atomic E-state index is 10.0. The first kappa shape index (κ1) is 28.4. The van der Waals surface area contributed by atoms with Crippen molar-refractivity contribution in [2.45, 2.75) is 41.5 Å². The minimum Gasteiger partial charge on any atom is -0.512 e. The molecule has 0 aliphatic carbocycles. The molecule has 0 unspecified atom stereocenters. The summed E-state index contributed by atoms with van der Waals surface area (Å²) in [5.74, 6) is -0.187. The van der Waals surface area contributed by atoms with Crippen LogP contribution in [-0.4, -0.2) is 32.7 Å². The van der Waals surface area contributed by atoms with E-state index >= 15 is 0 Å². The van der Waals surface area contributed by atoms with Crippen LogP contribution in [0.5, 0.6) is 0 Å². The quantitative estimate of drug-likeness (QED) is 0.379. The minimum atomic E-state index is -0.125. The van der Waals surface area contributed by atoms with Crippen molar-refractivity contribution < 1.29 is 49.2 Å². The Hall–Kier alpha value is -1.75. The average molecular weight is 403 g/mol. The van der Waals surface area contributed by atoms with Gasteiger partial charge in [0.05, 0.1) is 17.3 Å². The van der Waals surface area contributed by atoms with E-state index in [4.69, 9.17) is 15.3 Å². The van der Waals surface area contributed by atoms with Crippen molar-refractivity contribution in [3.8, 4) is 0 Å². The van der Waals surface area contributed by atoms with Crippen LogP contribution in [0, 0.1) is 0 Å².